The maximum Gasteiger partial charge on any atom is 0.0746 e. The molecule has 3 rings (SSSR count). The molecule has 1 aromatic heterocycles. The normalized spacial score (nSPS) is 16.8. The summed E-state index contributed by atoms with van der Waals surface area (Å²) in [7, 11) is 0. The average molecular weight is 255 g/mol. The molecule has 1 fully saturated rings. The first-order valence-electron chi connectivity index (χ1n) is 7.17. The number of hydrogen-bond acceptors (Lipinski definition) is 3. The Bertz CT molecular complexity index is 527. The van der Waals surface area contributed by atoms with Gasteiger partial charge in [-0.3, -0.25) is 4.98 Å². The Kier molecular flexibility index (Phi) is 4.06. The van der Waals surface area contributed by atoms with Crippen molar-refractivity contribution in [3.8, 4) is 0 Å². The summed E-state index contributed by atoms with van der Waals surface area (Å²) in [6.07, 6.45) is 4.46. The van der Waals surface area contributed by atoms with E-state index in [9.17, 15) is 0 Å². The van der Waals surface area contributed by atoms with Crippen molar-refractivity contribution in [2.45, 2.75) is 19.4 Å². The third kappa shape index (κ3) is 3.11. The van der Waals surface area contributed by atoms with Crippen LogP contribution in [-0.2, 0) is 6.54 Å². The predicted octanol–water partition coefficient (Wildman–Crippen LogP) is 2.32. The van der Waals surface area contributed by atoms with E-state index >= 15 is 0 Å². The van der Waals surface area contributed by atoms with Crippen molar-refractivity contribution < 1.29 is 0 Å². The van der Waals surface area contributed by atoms with E-state index in [1.807, 2.05) is 12.3 Å². The minimum Gasteiger partial charge on any atom is -0.317 e. The number of rotatable bonds is 4. The standard InChI is InChI=1S/C16H21N3/c1-3-14-5-2-8-19-16(14)15(4-1)12-18-11-13-6-9-17-10-7-13/h1-5,8,13,17-18H,6-7,9-12H2. The molecular weight excluding hydrogens is 234 g/mol. The Morgan fingerprint density at radius 2 is 2.00 bits per heavy atom. The molecule has 19 heavy (non-hydrogen) atoms. The molecule has 2 heterocycles. The highest BCUT2D eigenvalue weighted by Gasteiger charge is 2.12. The summed E-state index contributed by atoms with van der Waals surface area (Å²) in [4.78, 5) is 4.50. The van der Waals surface area contributed by atoms with Gasteiger partial charge in [0.1, 0.15) is 0 Å². The van der Waals surface area contributed by atoms with E-state index in [1.54, 1.807) is 0 Å². The van der Waals surface area contributed by atoms with Gasteiger partial charge in [0.15, 0.2) is 0 Å². The topological polar surface area (TPSA) is 37.0 Å². The number of hydrogen-bond donors (Lipinski definition) is 2. The molecule has 2 aromatic rings. The Morgan fingerprint density at radius 1 is 1.16 bits per heavy atom. The molecule has 1 aliphatic rings. The maximum atomic E-state index is 4.50. The number of nitrogens with one attached hydrogen (secondary N) is 2. The number of nitrogens with zero attached hydrogens (tertiary/aromatic N) is 1. The van der Waals surface area contributed by atoms with E-state index < -0.39 is 0 Å². The monoisotopic (exact) mass is 255 g/mol. The summed E-state index contributed by atoms with van der Waals surface area (Å²) in [6.45, 7) is 4.37. The van der Waals surface area contributed by atoms with Crippen LogP contribution in [0.1, 0.15) is 18.4 Å². The zero-order valence-corrected chi connectivity index (χ0v) is 11.2. The van der Waals surface area contributed by atoms with E-state index in [0.29, 0.717) is 0 Å². The summed E-state index contributed by atoms with van der Waals surface area (Å²) >= 11 is 0. The number of fused-ring (bicyclic) bond motifs is 1. The summed E-state index contributed by atoms with van der Waals surface area (Å²) in [5.74, 6) is 0.823. The number of aromatic nitrogens is 1. The van der Waals surface area contributed by atoms with Crippen molar-refractivity contribution in [1.29, 1.82) is 0 Å². The van der Waals surface area contributed by atoms with Crippen LogP contribution in [0, 0.1) is 5.92 Å². The highest BCUT2D eigenvalue weighted by Crippen LogP contribution is 2.16. The molecule has 0 unspecified atom stereocenters. The SMILES string of the molecule is c1cnc2c(CNCC3CCNCC3)cccc2c1. The molecule has 1 aromatic carbocycles. The Balaban J connectivity index is 1.62. The van der Waals surface area contributed by atoms with Gasteiger partial charge in [-0.25, -0.2) is 0 Å². The van der Waals surface area contributed by atoms with Crippen LogP contribution in [0.4, 0.5) is 0 Å². The van der Waals surface area contributed by atoms with Crippen LogP contribution in [0.3, 0.4) is 0 Å². The fourth-order valence-electron chi connectivity index (χ4n) is 2.81. The molecule has 0 amide bonds. The smallest absolute Gasteiger partial charge is 0.0746 e. The van der Waals surface area contributed by atoms with Crippen molar-refractivity contribution >= 4 is 10.9 Å². The van der Waals surface area contributed by atoms with Crippen LogP contribution in [0.2, 0.25) is 0 Å². The number of pyridine rings is 1. The minimum absolute atomic E-state index is 0.823. The highest BCUT2D eigenvalue weighted by atomic mass is 14.9. The molecular formula is C16H21N3. The first-order valence-corrected chi connectivity index (χ1v) is 7.17. The van der Waals surface area contributed by atoms with Gasteiger partial charge in [0.2, 0.25) is 0 Å². The molecule has 100 valence electrons. The van der Waals surface area contributed by atoms with Crippen LogP contribution in [0.25, 0.3) is 10.9 Å². The van der Waals surface area contributed by atoms with Crippen molar-refractivity contribution in [3.05, 3.63) is 42.1 Å². The average Bonchev–Trinajstić information content (AvgIpc) is 2.49. The van der Waals surface area contributed by atoms with Crippen LogP contribution < -0.4 is 10.6 Å². The van der Waals surface area contributed by atoms with Crippen molar-refractivity contribution in [3.63, 3.8) is 0 Å². The molecule has 1 saturated heterocycles. The fourth-order valence-corrected chi connectivity index (χ4v) is 2.81. The van der Waals surface area contributed by atoms with Gasteiger partial charge in [0.05, 0.1) is 5.52 Å². The van der Waals surface area contributed by atoms with Crippen LogP contribution >= 0.6 is 0 Å². The summed E-state index contributed by atoms with van der Waals surface area (Å²) in [6, 6.07) is 10.5. The molecule has 0 bridgehead atoms. The van der Waals surface area contributed by atoms with E-state index in [-0.39, 0.29) is 0 Å². The molecule has 3 nitrogen and oxygen atoms in total. The number of para-hydroxylation sites is 1. The molecule has 3 heteroatoms. The quantitative estimate of drug-likeness (QED) is 0.880. The van der Waals surface area contributed by atoms with Gasteiger partial charge in [0, 0.05) is 18.1 Å². The van der Waals surface area contributed by atoms with E-state index in [0.717, 1.165) is 24.5 Å². The Hall–Kier alpha value is -1.45. The summed E-state index contributed by atoms with van der Waals surface area (Å²) in [5.41, 5.74) is 2.43. The highest BCUT2D eigenvalue weighted by molar-refractivity contribution is 5.81. The molecule has 0 aliphatic carbocycles. The maximum absolute atomic E-state index is 4.50. The van der Waals surface area contributed by atoms with Gasteiger partial charge in [-0.15, -0.1) is 0 Å². The van der Waals surface area contributed by atoms with E-state index in [4.69, 9.17) is 0 Å². The first-order chi connectivity index (χ1) is 9.43. The molecule has 0 saturated carbocycles. The van der Waals surface area contributed by atoms with Crippen molar-refractivity contribution in [1.82, 2.24) is 15.6 Å². The number of piperidine rings is 1. The molecule has 2 N–H and O–H groups in total. The van der Waals surface area contributed by atoms with Gasteiger partial charge < -0.3 is 10.6 Å². The third-order valence-corrected chi connectivity index (χ3v) is 3.92. The molecule has 1 aliphatic heterocycles. The lowest BCUT2D eigenvalue weighted by molar-refractivity contribution is 0.356. The van der Waals surface area contributed by atoms with Crippen molar-refractivity contribution in [2.75, 3.05) is 19.6 Å². The minimum atomic E-state index is 0.823. The Labute approximate surface area is 114 Å². The largest absolute Gasteiger partial charge is 0.317 e. The summed E-state index contributed by atoms with van der Waals surface area (Å²) < 4.78 is 0. The molecule has 0 radical (unpaired) electrons. The third-order valence-electron chi connectivity index (χ3n) is 3.92. The first kappa shape index (κ1) is 12.6. The second kappa shape index (κ2) is 6.13. The van der Waals surface area contributed by atoms with Crippen LogP contribution in [0.15, 0.2) is 36.5 Å². The molecule has 0 spiro atoms. The van der Waals surface area contributed by atoms with Crippen LogP contribution in [-0.4, -0.2) is 24.6 Å². The zero-order valence-electron chi connectivity index (χ0n) is 11.2. The lowest BCUT2D eigenvalue weighted by Crippen LogP contribution is -2.33. The fraction of sp³-hybridized carbons (Fsp3) is 0.438. The molecule has 0 atom stereocenters. The lowest BCUT2D eigenvalue weighted by Gasteiger charge is -2.22. The van der Waals surface area contributed by atoms with Crippen LogP contribution in [0.5, 0.6) is 0 Å². The Morgan fingerprint density at radius 3 is 2.89 bits per heavy atom. The predicted molar refractivity (Wildman–Crippen MR) is 79.0 cm³/mol. The second-order valence-electron chi connectivity index (χ2n) is 5.32. The van der Waals surface area contributed by atoms with E-state index in [2.05, 4.69) is 39.9 Å². The second-order valence-corrected chi connectivity index (χ2v) is 5.32. The lowest BCUT2D eigenvalue weighted by atomic mass is 9.98. The van der Waals surface area contributed by atoms with Crippen molar-refractivity contribution in [2.24, 2.45) is 5.92 Å². The number of benzene rings is 1. The van der Waals surface area contributed by atoms with Gasteiger partial charge >= 0.3 is 0 Å². The van der Waals surface area contributed by atoms with Gasteiger partial charge in [-0.2, -0.15) is 0 Å². The van der Waals surface area contributed by atoms with E-state index in [1.165, 1.54) is 36.9 Å². The zero-order chi connectivity index (χ0) is 12.9. The summed E-state index contributed by atoms with van der Waals surface area (Å²) in [5, 5.41) is 8.23. The van der Waals surface area contributed by atoms with Gasteiger partial charge in [-0.1, -0.05) is 24.3 Å². The van der Waals surface area contributed by atoms with Gasteiger partial charge in [0.25, 0.3) is 0 Å². The van der Waals surface area contributed by atoms with Gasteiger partial charge in [-0.05, 0) is 50.0 Å².